The third kappa shape index (κ3) is 2.77. The van der Waals surface area contributed by atoms with E-state index in [4.69, 9.17) is 10.6 Å². The summed E-state index contributed by atoms with van der Waals surface area (Å²) in [5.41, 5.74) is 3.06. The number of hydrogen-bond donors (Lipinski definition) is 2. The van der Waals surface area contributed by atoms with Crippen LogP contribution >= 0.6 is 11.3 Å². The summed E-state index contributed by atoms with van der Waals surface area (Å²) < 4.78 is 5.52. The fourth-order valence-electron chi connectivity index (χ4n) is 1.33. The van der Waals surface area contributed by atoms with Gasteiger partial charge in [0.1, 0.15) is 0 Å². The predicted octanol–water partition coefficient (Wildman–Crippen LogP) is 1.28. The van der Waals surface area contributed by atoms with Crippen LogP contribution in [-0.2, 0) is 11.3 Å². The smallest absolute Gasteiger partial charge is 0.275 e. The third-order valence-corrected chi connectivity index (χ3v) is 3.35. The predicted molar refractivity (Wildman–Crippen MR) is 58.4 cm³/mol. The second kappa shape index (κ2) is 4.74. The van der Waals surface area contributed by atoms with Gasteiger partial charge in [-0.1, -0.05) is 0 Å². The minimum absolute atomic E-state index is 0.241. The molecule has 0 saturated heterocycles. The maximum Gasteiger partial charge on any atom is 0.275 e. The van der Waals surface area contributed by atoms with Crippen LogP contribution < -0.4 is 11.3 Å². The van der Waals surface area contributed by atoms with E-state index in [1.807, 2.05) is 11.4 Å². The topological polar surface area (TPSA) is 64.3 Å². The largest absolute Gasteiger partial charge is 0.376 e. The highest BCUT2D eigenvalue weighted by Gasteiger charge is 2.21. The van der Waals surface area contributed by atoms with Gasteiger partial charge in [-0.3, -0.25) is 10.2 Å². The molecule has 2 rings (SSSR count). The highest BCUT2D eigenvalue weighted by molar-refractivity contribution is 7.12. The maximum absolute atomic E-state index is 11.3. The number of nitrogens with two attached hydrogens (primary N) is 1. The van der Waals surface area contributed by atoms with Crippen molar-refractivity contribution in [1.29, 1.82) is 0 Å². The summed E-state index contributed by atoms with van der Waals surface area (Å²) in [4.78, 5) is 12.0. The minimum Gasteiger partial charge on any atom is -0.376 e. The molecule has 1 aromatic heterocycles. The Labute approximate surface area is 92.4 Å². The Hall–Kier alpha value is -0.910. The van der Waals surface area contributed by atoms with Crippen LogP contribution in [0.25, 0.3) is 0 Å². The number of rotatable bonds is 5. The molecule has 0 radical (unpaired) electrons. The van der Waals surface area contributed by atoms with E-state index in [1.54, 1.807) is 0 Å². The molecule has 0 spiro atoms. The molecule has 1 saturated carbocycles. The van der Waals surface area contributed by atoms with Crippen molar-refractivity contribution in [2.75, 3.05) is 6.61 Å². The highest BCUT2D eigenvalue weighted by Crippen LogP contribution is 2.29. The van der Waals surface area contributed by atoms with Gasteiger partial charge in [-0.05, 0) is 30.2 Å². The van der Waals surface area contributed by atoms with Crippen LogP contribution in [0, 0.1) is 5.92 Å². The van der Waals surface area contributed by atoms with E-state index in [2.05, 4.69) is 5.43 Å². The molecule has 4 nitrogen and oxygen atoms in total. The number of hydrogen-bond acceptors (Lipinski definition) is 4. The van der Waals surface area contributed by atoms with E-state index < -0.39 is 0 Å². The fourth-order valence-corrected chi connectivity index (χ4v) is 2.15. The van der Waals surface area contributed by atoms with Gasteiger partial charge in [0.05, 0.1) is 11.5 Å². The molecule has 82 valence electrons. The van der Waals surface area contributed by atoms with Crippen molar-refractivity contribution in [2.45, 2.75) is 19.4 Å². The molecular weight excluding hydrogens is 212 g/mol. The number of carbonyl (C=O) groups excluding carboxylic acids is 1. The monoisotopic (exact) mass is 226 g/mol. The van der Waals surface area contributed by atoms with Gasteiger partial charge in [0.25, 0.3) is 5.91 Å². The highest BCUT2D eigenvalue weighted by atomic mass is 32.1. The molecule has 1 aromatic rings. The molecule has 1 aliphatic carbocycles. The Balaban J connectivity index is 1.88. The molecule has 0 aliphatic heterocycles. The van der Waals surface area contributed by atoms with E-state index in [0.717, 1.165) is 18.1 Å². The number of ether oxygens (including phenoxy) is 1. The molecule has 3 N–H and O–H groups in total. The Morgan fingerprint density at radius 3 is 3.13 bits per heavy atom. The van der Waals surface area contributed by atoms with Crippen molar-refractivity contribution < 1.29 is 9.53 Å². The van der Waals surface area contributed by atoms with E-state index in [1.165, 1.54) is 24.2 Å². The summed E-state index contributed by atoms with van der Waals surface area (Å²) in [6.07, 6.45) is 2.56. The van der Waals surface area contributed by atoms with Crippen molar-refractivity contribution in [1.82, 2.24) is 5.43 Å². The summed E-state index contributed by atoms with van der Waals surface area (Å²) in [6, 6.07) is 1.90. The first-order valence-electron chi connectivity index (χ1n) is 4.96. The quantitative estimate of drug-likeness (QED) is 0.451. The Kier molecular flexibility index (Phi) is 3.35. The average molecular weight is 226 g/mol. The van der Waals surface area contributed by atoms with Crippen molar-refractivity contribution >= 4 is 17.2 Å². The number of carbonyl (C=O) groups is 1. The first kappa shape index (κ1) is 10.6. The van der Waals surface area contributed by atoms with Crippen molar-refractivity contribution in [3.63, 3.8) is 0 Å². The molecule has 1 amide bonds. The van der Waals surface area contributed by atoms with Crippen LogP contribution in [0.3, 0.4) is 0 Å². The van der Waals surface area contributed by atoms with Gasteiger partial charge in [-0.2, -0.15) is 0 Å². The van der Waals surface area contributed by atoms with E-state index >= 15 is 0 Å². The van der Waals surface area contributed by atoms with Crippen LogP contribution in [0.4, 0.5) is 0 Å². The molecule has 1 heterocycles. The van der Waals surface area contributed by atoms with Gasteiger partial charge in [-0.25, -0.2) is 5.84 Å². The lowest BCUT2D eigenvalue weighted by Gasteiger charge is -2.03. The molecule has 0 unspecified atom stereocenters. The van der Waals surface area contributed by atoms with E-state index in [-0.39, 0.29) is 5.91 Å². The number of hydrazine groups is 1. The van der Waals surface area contributed by atoms with Crippen LogP contribution in [0.1, 0.15) is 28.1 Å². The second-order valence-electron chi connectivity index (χ2n) is 3.71. The number of nitrogens with one attached hydrogen (secondary N) is 1. The zero-order valence-electron chi connectivity index (χ0n) is 8.36. The Bertz CT molecular complexity index is 347. The Morgan fingerprint density at radius 2 is 2.47 bits per heavy atom. The zero-order chi connectivity index (χ0) is 10.7. The lowest BCUT2D eigenvalue weighted by molar-refractivity contribution is 0.0939. The van der Waals surface area contributed by atoms with Gasteiger partial charge < -0.3 is 4.74 Å². The number of nitrogen functional groups attached to an aromatic ring is 1. The van der Waals surface area contributed by atoms with Crippen LogP contribution in [0.15, 0.2) is 11.4 Å². The summed E-state index contributed by atoms with van der Waals surface area (Å²) in [5, 5.41) is 1.88. The molecule has 0 atom stereocenters. The molecule has 5 heteroatoms. The lowest BCUT2D eigenvalue weighted by atomic mass is 10.2. The third-order valence-electron chi connectivity index (χ3n) is 2.39. The van der Waals surface area contributed by atoms with Crippen LogP contribution in [0.5, 0.6) is 0 Å². The molecular formula is C10H14N2O2S. The first-order valence-corrected chi connectivity index (χ1v) is 5.84. The molecule has 1 aliphatic rings. The van der Waals surface area contributed by atoms with E-state index in [9.17, 15) is 4.79 Å². The first-order chi connectivity index (χ1) is 7.31. The minimum atomic E-state index is -0.241. The molecule has 0 aromatic carbocycles. The van der Waals surface area contributed by atoms with Gasteiger partial charge in [0.15, 0.2) is 0 Å². The van der Waals surface area contributed by atoms with Gasteiger partial charge in [-0.15, -0.1) is 11.3 Å². The zero-order valence-corrected chi connectivity index (χ0v) is 9.18. The van der Waals surface area contributed by atoms with Crippen LogP contribution in [-0.4, -0.2) is 12.5 Å². The summed E-state index contributed by atoms with van der Waals surface area (Å²) in [5.74, 6) is 5.59. The van der Waals surface area contributed by atoms with Gasteiger partial charge in [0, 0.05) is 12.2 Å². The number of amides is 1. The summed E-state index contributed by atoms with van der Waals surface area (Å²) in [6.45, 7) is 1.31. The Morgan fingerprint density at radius 1 is 1.67 bits per heavy atom. The standard InChI is InChI=1S/C10H14N2O2S/c11-12-10(13)9-8(3-4-15-9)6-14-5-7-1-2-7/h3-4,7H,1-2,5-6,11H2,(H,12,13). The van der Waals surface area contributed by atoms with Crippen molar-refractivity contribution in [2.24, 2.45) is 11.8 Å². The number of thiophene rings is 1. The second-order valence-corrected chi connectivity index (χ2v) is 4.62. The molecule has 15 heavy (non-hydrogen) atoms. The SMILES string of the molecule is NNC(=O)c1sccc1COCC1CC1. The van der Waals surface area contributed by atoms with Gasteiger partial charge >= 0.3 is 0 Å². The van der Waals surface area contributed by atoms with E-state index in [0.29, 0.717) is 11.5 Å². The normalized spacial score (nSPS) is 15.3. The summed E-state index contributed by atoms with van der Waals surface area (Å²) in [7, 11) is 0. The lowest BCUT2D eigenvalue weighted by Crippen LogP contribution is -2.30. The average Bonchev–Trinajstić information content (AvgIpc) is 2.95. The van der Waals surface area contributed by atoms with Crippen LogP contribution in [0.2, 0.25) is 0 Å². The molecule has 1 fully saturated rings. The maximum atomic E-state index is 11.3. The van der Waals surface area contributed by atoms with Gasteiger partial charge in [0.2, 0.25) is 0 Å². The van der Waals surface area contributed by atoms with Crippen molar-refractivity contribution in [3.8, 4) is 0 Å². The summed E-state index contributed by atoms with van der Waals surface area (Å²) >= 11 is 1.38. The van der Waals surface area contributed by atoms with Crippen molar-refractivity contribution in [3.05, 3.63) is 21.9 Å². The molecule has 0 bridgehead atoms. The fraction of sp³-hybridized carbons (Fsp3) is 0.500.